The zero-order valence-electron chi connectivity index (χ0n) is 12.3. The molecule has 0 aliphatic heterocycles. The monoisotopic (exact) mass is 339 g/mol. The van der Waals surface area contributed by atoms with E-state index in [1.807, 2.05) is 0 Å². The van der Waals surface area contributed by atoms with Crippen molar-refractivity contribution in [1.82, 2.24) is 0 Å². The van der Waals surface area contributed by atoms with Crippen LogP contribution in [0.3, 0.4) is 0 Å². The van der Waals surface area contributed by atoms with E-state index in [1.54, 1.807) is 13.0 Å². The van der Waals surface area contributed by atoms with Gasteiger partial charge in [0, 0.05) is 23.9 Å². The van der Waals surface area contributed by atoms with E-state index in [4.69, 9.17) is 16.3 Å². The summed E-state index contributed by atoms with van der Waals surface area (Å²) in [5.74, 6) is -1.64. The van der Waals surface area contributed by atoms with Crippen LogP contribution >= 0.6 is 11.6 Å². The number of aromatic hydroxyl groups is 2. The van der Waals surface area contributed by atoms with Crippen LogP contribution in [-0.4, -0.2) is 22.8 Å². The third kappa shape index (κ3) is 4.04. The first-order chi connectivity index (χ1) is 10.9. The van der Waals surface area contributed by atoms with Gasteiger partial charge in [0.15, 0.2) is 0 Å². The average molecular weight is 340 g/mol. The normalized spacial score (nSPS) is 10.4. The summed E-state index contributed by atoms with van der Waals surface area (Å²) >= 11 is 5.70. The predicted molar refractivity (Wildman–Crippen MR) is 84.5 cm³/mol. The van der Waals surface area contributed by atoms with Gasteiger partial charge in [0.2, 0.25) is 0 Å². The molecule has 2 aromatic carbocycles. The third-order valence-electron chi connectivity index (χ3n) is 3.08. The van der Waals surface area contributed by atoms with Crippen molar-refractivity contribution >= 4 is 23.3 Å². The van der Waals surface area contributed by atoms with Crippen LogP contribution in [0.5, 0.6) is 11.5 Å². The summed E-state index contributed by atoms with van der Waals surface area (Å²) in [5.41, 5.74) is 0.799. The maximum atomic E-state index is 13.3. The summed E-state index contributed by atoms with van der Waals surface area (Å²) in [7, 11) is 0. The van der Waals surface area contributed by atoms with Gasteiger partial charge < -0.3 is 20.3 Å². The minimum Gasteiger partial charge on any atom is -0.507 e. The molecule has 0 aromatic heterocycles. The Morgan fingerprint density at radius 3 is 2.70 bits per heavy atom. The highest BCUT2D eigenvalue weighted by Crippen LogP contribution is 2.30. The quantitative estimate of drug-likeness (QED) is 0.724. The second-order valence-electron chi connectivity index (χ2n) is 4.70. The average Bonchev–Trinajstić information content (AvgIpc) is 2.49. The second kappa shape index (κ2) is 7.19. The molecule has 0 spiro atoms. The van der Waals surface area contributed by atoms with Crippen molar-refractivity contribution in [3.63, 3.8) is 0 Å². The lowest BCUT2D eigenvalue weighted by molar-refractivity contribution is 0.0523. The molecule has 0 unspecified atom stereocenters. The number of phenolic OH excluding ortho intramolecular Hbond substituents is 2. The number of carbonyl (C=O) groups excluding carboxylic acids is 1. The molecule has 0 heterocycles. The Morgan fingerprint density at radius 2 is 2.04 bits per heavy atom. The maximum absolute atomic E-state index is 13.3. The number of nitrogens with one attached hydrogen (secondary N) is 1. The van der Waals surface area contributed by atoms with Crippen LogP contribution < -0.4 is 5.32 Å². The molecule has 0 atom stereocenters. The number of halogens is 2. The molecule has 0 saturated heterocycles. The molecule has 0 saturated carbocycles. The molecule has 5 nitrogen and oxygen atoms in total. The number of esters is 1. The Labute approximate surface area is 137 Å². The molecule has 0 aliphatic rings. The first-order valence-corrected chi connectivity index (χ1v) is 7.21. The van der Waals surface area contributed by atoms with Crippen molar-refractivity contribution < 1.29 is 24.1 Å². The van der Waals surface area contributed by atoms with E-state index >= 15 is 0 Å². The van der Waals surface area contributed by atoms with Gasteiger partial charge >= 0.3 is 5.97 Å². The Balaban J connectivity index is 2.13. The number of benzene rings is 2. The van der Waals surface area contributed by atoms with Gasteiger partial charge in [-0.1, -0.05) is 11.6 Å². The van der Waals surface area contributed by atoms with Crippen LogP contribution in [0.4, 0.5) is 10.1 Å². The summed E-state index contributed by atoms with van der Waals surface area (Å²) < 4.78 is 18.1. The summed E-state index contributed by atoms with van der Waals surface area (Å²) in [6.07, 6.45) is 0. The van der Waals surface area contributed by atoms with Crippen molar-refractivity contribution in [3.8, 4) is 11.5 Å². The summed E-state index contributed by atoms with van der Waals surface area (Å²) in [6.45, 7) is 1.96. The fourth-order valence-corrected chi connectivity index (χ4v) is 2.20. The minimum absolute atomic E-state index is 0.0500. The fraction of sp³-hybridized carbons (Fsp3) is 0.188. The molecule has 3 N–H and O–H groups in total. The van der Waals surface area contributed by atoms with E-state index in [9.17, 15) is 19.4 Å². The van der Waals surface area contributed by atoms with Crippen LogP contribution in [0.25, 0.3) is 0 Å². The van der Waals surface area contributed by atoms with Crippen molar-refractivity contribution in [2.24, 2.45) is 0 Å². The van der Waals surface area contributed by atoms with Crippen LogP contribution in [-0.2, 0) is 11.3 Å². The third-order valence-corrected chi connectivity index (χ3v) is 3.37. The van der Waals surface area contributed by atoms with Crippen LogP contribution in [0, 0.1) is 5.82 Å². The summed E-state index contributed by atoms with van der Waals surface area (Å²) in [5, 5.41) is 22.5. The molecule has 0 aliphatic carbocycles. The van der Waals surface area contributed by atoms with E-state index in [1.165, 1.54) is 12.1 Å². The highest BCUT2D eigenvalue weighted by molar-refractivity contribution is 6.32. The molecule has 122 valence electrons. The van der Waals surface area contributed by atoms with Crippen LogP contribution in [0.2, 0.25) is 5.02 Å². The highest BCUT2D eigenvalue weighted by atomic mass is 35.5. The topological polar surface area (TPSA) is 78.8 Å². The zero-order chi connectivity index (χ0) is 17.0. The van der Waals surface area contributed by atoms with E-state index in [-0.39, 0.29) is 40.8 Å². The first-order valence-electron chi connectivity index (χ1n) is 6.83. The van der Waals surface area contributed by atoms with Crippen molar-refractivity contribution in [3.05, 3.63) is 52.3 Å². The van der Waals surface area contributed by atoms with E-state index in [0.717, 1.165) is 12.1 Å². The molecule has 0 bridgehead atoms. The molecule has 23 heavy (non-hydrogen) atoms. The number of hydrogen-bond acceptors (Lipinski definition) is 5. The number of anilines is 1. The van der Waals surface area contributed by atoms with E-state index < -0.39 is 11.8 Å². The second-order valence-corrected chi connectivity index (χ2v) is 5.11. The Bertz CT molecular complexity index is 736. The van der Waals surface area contributed by atoms with E-state index in [2.05, 4.69) is 5.32 Å². The summed E-state index contributed by atoms with van der Waals surface area (Å²) in [4.78, 5) is 11.6. The molecular formula is C16H15ClFNO4. The SMILES string of the molecule is CCOC(=O)c1ccc(NCc2cc(F)cc(Cl)c2O)cc1O. The molecule has 0 radical (unpaired) electrons. The lowest BCUT2D eigenvalue weighted by Crippen LogP contribution is -2.06. The minimum atomic E-state index is -0.619. The standard InChI is InChI=1S/C16H15ClFNO4/c1-2-23-16(22)12-4-3-11(7-14(12)20)19-8-9-5-10(18)6-13(17)15(9)21/h3-7,19-21H,2,8H2,1H3. The number of carbonyl (C=O) groups is 1. The van der Waals surface area contributed by atoms with Gasteiger partial charge in [-0.25, -0.2) is 9.18 Å². The van der Waals surface area contributed by atoms with Gasteiger partial charge in [0.25, 0.3) is 0 Å². The number of phenols is 2. The lowest BCUT2D eigenvalue weighted by atomic mass is 10.1. The number of ether oxygens (including phenoxy) is 1. The van der Waals surface area contributed by atoms with Crippen molar-refractivity contribution in [1.29, 1.82) is 0 Å². The molecule has 7 heteroatoms. The van der Waals surface area contributed by atoms with Gasteiger partial charge in [-0.3, -0.25) is 0 Å². The van der Waals surface area contributed by atoms with Gasteiger partial charge in [-0.2, -0.15) is 0 Å². The molecule has 2 aromatic rings. The van der Waals surface area contributed by atoms with Gasteiger partial charge in [0.05, 0.1) is 11.6 Å². The maximum Gasteiger partial charge on any atom is 0.341 e. The Hall–Kier alpha value is -2.47. The zero-order valence-corrected chi connectivity index (χ0v) is 13.0. The molecular weight excluding hydrogens is 325 g/mol. The van der Waals surface area contributed by atoms with E-state index in [0.29, 0.717) is 5.69 Å². The van der Waals surface area contributed by atoms with Gasteiger partial charge in [0.1, 0.15) is 22.9 Å². The van der Waals surface area contributed by atoms with Gasteiger partial charge in [-0.05, 0) is 31.2 Å². The lowest BCUT2D eigenvalue weighted by Gasteiger charge is -2.11. The Kier molecular flexibility index (Phi) is 5.28. The van der Waals surface area contributed by atoms with Crippen molar-refractivity contribution in [2.45, 2.75) is 13.5 Å². The molecule has 0 amide bonds. The highest BCUT2D eigenvalue weighted by Gasteiger charge is 2.13. The van der Waals surface area contributed by atoms with Crippen LogP contribution in [0.15, 0.2) is 30.3 Å². The first kappa shape index (κ1) is 16.9. The number of rotatable bonds is 5. The largest absolute Gasteiger partial charge is 0.507 e. The van der Waals surface area contributed by atoms with Crippen molar-refractivity contribution in [2.75, 3.05) is 11.9 Å². The van der Waals surface area contributed by atoms with Gasteiger partial charge in [-0.15, -0.1) is 0 Å². The summed E-state index contributed by atoms with van der Waals surface area (Å²) in [6, 6.07) is 6.48. The molecule has 0 fully saturated rings. The molecule has 2 rings (SSSR count). The number of hydrogen-bond donors (Lipinski definition) is 3. The Morgan fingerprint density at radius 1 is 1.30 bits per heavy atom. The smallest absolute Gasteiger partial charge is 0.341 e. The predicted octanol–water partition coefficient (Wildman–Crippen LogP) is 3.68. The fourth-order valence-electron chi connectivity index (χ4n) is 1.97. The van der Waals surface area contributed by atoms with Crippen LogP contribution in [0.1, 0.15) is 22.8 Å².